The third-order valence-electron chi connectivity index (χ3n) is 3.62. The van der Waals surface area contributed by atoms with E-state index < -0.39 is 11.2 Å². The van der Waals surface area contributed by atoms with Gasteiger partial charge in [0.1, 0.15) is 0 Å². The second-order valence-electron chi connectivity index (χ2n) is 4.85. The van der Waals surface area contributed by atoms with Gasteiger partial charge in [-0.25, -0.2) is 4.79 Å². The highest BCUT2D eigenvalue weighted by Crippen LogP contribution is 2.20. The van der Waals surface area contributed by atoms with Crippen molar-refractivity contribution >= 4 is 28.7 Å². The number of hydrogen-bond acceptors (Lipinski definition) is 5. The molecule has 0 unspecified atom stereocenters. The van der Waals surface area contributed by atoms with E-state index in [2.05, 4.69) is 15.1 Å². The van der Waals surface area contributed by atoms with Gasteiger partial charge in [0, 0.05) is 32.7 Å². The summed E-state index contributed by atoms with van der Waals surface area (Å²) in [5, 5.41) is 8.16. The van der Waals surface area contributed by atoms with Gasteiger partial charge >= 0.3 is 5.69 Å². The van der Waals surface area contributed by atoms with Gasteiger partial charge in [-0.05, 0) is 26.1 Å². The van der Waals surface area contributed by atoms with Gasteiger partial charge in [-0.2, -0.15) is 0 Å². The number of aromatic nitrogens is 4. The molecule has 0 saturated heterocycles. The zero-order valence-corrected chi connectivity index (χ0v) is 13.8. The van der Waals surface area contributed by atoms with Gasteiger partial charge in [-0.15, -0.1) is 10.2 Å². The van der Waals surface area contributed by atoms with Gasteiger partial charge in [-0.1, -0.05) is 11.6 Å². The van der Waals surface area contributed by atoms with Crippen LogP contribution in [-0.4, -0.2) is 37.3 Å². The van der Waals surface area contributed by atoms with Crippen molar-refractivity contribution in [1.29, 1.82) is 0 Å². The average molecular weight is 324 g/mol. The molecule has 2 aromatic heterocycles. The van der Waals surface area contributed by atoms with Crippen molar-refractivity contribution in [2.45, 2.75) is 13.8 Å². The van der Waals surface area contributed by atoms with E-state index in [1.165, 1.54) is 11.6 Å². The van der Waals surface area contributed by atoms with E-state index in [9.17, 15) is 9.59 Å². The summed E-state index contributed by atoms with van der Waals surface area (Å²) < 4.78 is 2.32. The normalized spacial score (nSPS) is 11.5. The fourth-order valence-corrected chi connectivity index (χ4v) is 2.40. The van der Waals surface area contributed by atoms with E-state index in [0.29, 0.717) is 5.56 Å². The first-order chi connectivity index (χ1) is 10.4. The molecule has 0 saturated carbocycles. The third kappa shape index (κ3) is 2.64. The third-order valence-corrected chi connectivity index (χ3v) is 3.90. The minimum atomic E-state index is -0.451. The Kier molecular flexibility index (Phi) is 4.65. The quantitative estimate of drug-likeness (QED) is 0.839. The minimum absolute atomic E-state index is 0.131. The Morgan fingerprint density at radius 3 is 2.36 bits per heavy atom. The molecular formula is C14H18ClN5O2. The van der Waals surface area contributed by atoms with Crippen LogP contribution in [0.15, 0.2) is 15.8 Å². The minimum Gasteiger partial charge on any atom is -0.378 e. The van der Waals surface area contributed by atoms with Crippen LogP contribution < -0.4 is 11.2 Å². The van der Waals surface area contributed by atoms with E-state index in [-0.39, 0.29) is 16.2 Å². The van der Waals surface area contributed by atoms with E-state index >= 15 is 0 Å². The van der Waals surface area contributed by atoms with Crippen LogP contribution in [0.2, 0.25) is 5.15 Å². The molecule has 0 aromatic carbocycles. The van der Waals surface area contributed by atoms with Crippen LogP contribution in [0.4, 0.5) is 0 Å². The Labute approximate surface area is 132 Å². The maximum atomic E-state index is 12.4. The fraction of sp³-hybridized carbons (Fsp3) is 0.429. The molecule has 0 amide bonds. The summed E-state index contributed by atoms with van der Waals surface area (Å²) in [7, 11) is 2.97. The molecule has 2 rings (SSSR count). The molecule has 0 radical (unpaired) electrons. The predicted molar refractivity (Wildman–Crippen MR) is 87.0 cm³/mol. The zero-order chi connectivity index (χ0) is 16.4. The molecule has 0 N–H and O–H groups in total. The summed E-state index contributed by atoms with van der Waals surface area (Å²) >= 11 is 6.11. The van der Waals surface area contributed by atoms with Gasteiger partial charge in [-0.3, -0.25) is 13.9 Å². The lowest BCUT2D eigenvalue weighted by atomic mass is 10.2. The van der Waals surface area contributed by atoms with Crippen LogP contribution >= 0.6 is 11.6 Å². The first-order valence-electron chi connectivity index (χ1n) is 6.96. The van der Waals surface area contributed by atoms with Crippen molar-refractivity contribution in [3.05, 3.63) is 37.8 Å². The number of rotatable bonds is 4. The van der Waals surface area contributed by atoms with Crippen molar-refractivity contribution in [3.8, 4) is 0 Å². The second kappa shape index (κ2) is 6.31. The number of hydrogen-bond donors (Lipinski definition) is 0. The lowest BCUT2D eigenvalue weighted by Crippen LogP contribution is -2.37. The highest BCUT2D eigenvalue weighted by atomic mass is 35.5. The Balaban J connectivity index is 2.82. The topological polar surface area (TPSA) is 73.0 Å². The van der Waals surface area contributed by atoms with Crippen molar-refractivity contribution in [2.24, 2.45) is 14.1 Å². The van der Waals surface area contributed by atoms with Gasteiger partial charge in [0.15, 0.2) is 10.8 Å². The molecule has 0 aliphatic rings. The summed E-state index contributed by atoms with van der Waals surface area (Å²) in [4.78, 5) is 26.4. The van der Waals surface area contributed by atoms with Gasteiger partial charge in [0.25, 0.3) is 5.56 Å². The first-order valence-corrected chi connectivity index (χ1v) is 7.34. The molecule has 0 aliphatic heterocycles. The van der Waals surface area contributed by atoms with E-state index in [1.807, 2.05) is 20.0 Å². The SMILES string of the molecule is CCN(/C=C/c1c(Cl)nnc2c1c(=O)n(C)c(=O)n2C)CC. The van der Waals surface area contributed by atoms with Crippen LogP contribution in [0, 0.1) is 0 Å². The molecule has 118 valence electrons. The van der Waals surface area contributed by atoms with Crippen LogP contribution in [0.25, 0.3) is 17.1 Å². The second-order valence-corrected chi connectivity index (χ2v) is 5.20. The molecule has 0 atom stereocenters. The molecule has 7 nitrogen and oxygen atoms in total. The van der Waals surface area contributed by atoms with Crippen molar-refractivity contribution in [3.63, 3.8) is 0 Å². The summed E-state index contributed by atoms with van der Waals surface area (Å²) in [5.74, 6) is 0. The highest BCUT2D eigenvalue weighted by molar-refractivity contribution is 6.31. The van der Waals surface area contributed by atoms with Crippen molar-refractivity contribution in [1.82, 2.24) is 24.2 Å². The molecule has 2 heterocycles. The maximum Gasteiger partial charge on any atom is 0.332 e. The number of aryl methyl sites for hydroxylation is 1. The Morgan fingerprint density at radius 1 is 1.14 bits per heavy atom. The van der Waals surface area contributed by atoms with Gasteiger partial charge in [0.05, 0.1) is 5.39 Å². The number of nitrogens with zero attached hydrogens (tertiary/aromatic N) is 5. The Bertz CT molecular complexity index is 849. The van der Waals surface area contributed by atoms with Gasteiger partial charge in [0.2, 0.25) is 0 Å². The lowest BCUT2D eigenvalue weighted by Gasteiger charge is -2.15. The molecule has 22 heavy (non-hydrogen) atoms. The summed E-state index contributed by atoms with van der Waals surface area (Å²) in [5.41, 5.74) is -0.201. The molecule has 0 bridgehead atoms. The maximum absolute atomic E-state index is 12.4. The molecular weight excluding hydrogens is 306 g/mol. The van der Waals surface area contributed by atoms with Crippen molar-refractivity contribution in [2.75, 3.05) is 13.1 Å². The molecule has 8 heteroatoms. The van der Waals surface area contributed by atoms with E-state index in [0.717, 1.165) is 17.7 Å². The van der Waals surface area contributed by atoms with Crippen LogP contribution in [0.3, 0.4) is 0 Å². The Morgan fingerprint density at radius 2 is 1.77 bits per heavy atom. The summed E-state index contributed by atoms with van der Waals surface area (Å²) in [6.45, 7) is 5.72. The number of fused-ring (bicyclic) bond motifs is 1. The molecule has 0 aliphatic carbocycles. The molecule has 2 aromatic rings. The molecule has 0 fully saturated rings. The largest absolute Gasteiger partial charge is 0.378 e. The number of halogens is 1. The van der Waals surface area contributed by atoms with E-state index in [1.54, 1.807) is 13.1 Å². The van der Waals surface area contributed by atoms with Crippen LogP contribution in [-0.2, 0) is 14.1 Å². The Hall–Kier alpha value is -2.15. The summed E-state index contributed by atoms with van der Waals surface area (Å²) in [6.07, 6.45) is 3.59. The van der Waals surface area contributed by atoms with Crippen molar-refractivity contribution < 1.29 is 0 Å². The fourth-order valence-electron chi connectivity index (χ4n) is 2.20. The van der Waals surface area contributed by atoms with Gasteiger partial charge < -0.3 is 4.90 Å². The zero-order valence-electron chi connectivity index (χ0n) is 13.0. The highest BCUT2D eigenvalue weighted by Gasteiger charge is 2.16. The first kappa shape index (κ1) is 16.2. The smallest absolute Gasteiger partial charge is 0.332 e. The molecule has 0 spiro atoms. The summed E-state index contributed by atoms with van der Waals surface area (Å²) in [6, 6.07) is 0. The van der Waals surface area contributed by atoms with Crippen LogP contribution in [0.1, 0.15) is 19.4 Å². The van der Waals surface area contributed by atoms with Crippen LogP contribution in [0.5, 0.6) is 0 Å². The predicted octanol–water partition coefficient (Wildman–Crippen LogP) is 0.993. The average Bonchev–Trinajstić information content (AvgIpc) is 2.52. The standard InChI is InChI=1S/C14H18ClN5O2/c1-5-20(6-2)8-7-9-10-12(17-16-11(9)15)18(3)14(22)19(4)13(10)21/h7-8H,5-6H2,1-4H3/b8-7+. The monoisotopic (exact) mass is 323 g/mol. The lowest BCUT2D eigenvalue weighted by molar-refractivity contribution is 0.421. The van der Waals surface area contributed by atoms with E-state index in [4.69, 9.17) is 11.6 Å².